The molecule has 0 aliphatic heterocycles. The number of alkyl carbamates (subject to hydrolysis) is 1. The largest absolute Gasteiger partial charge is 0.444 e. The van der Waals surface area contributed by atoms with Crippen LogP contribution in [0.25, 0.3) is 0 Å². The van der Waals surface area contributed by atoms with Gasteiger partial charge in [-0.15, -0.1) is 6.58 Å². The zero-order valence-electron chi connectivity index (χ0n) is 11.5. The molecule has 100 valence electrons. The third-order valence-corrected chi connectivity index (χ3v) is 2.09. The van der Waals surface area contributed by atoms with Crippen molar-refractivity contribution < 1.29 is 9.53 Å². The number of rotatable bonds is 7. The molecule has 0 radical (unpaired) electrons. The Morgan fingerprint density at radius 3 is 2.59 bits per heavy atom. The first kappa shape index (κ1) is 16.0. The molecule has 2 N–H and O–H groups in total. The molecular formula is C13H26N2O2. The molecular weight excluding hydrogens is 216 g/mol. The lowest BCUT2D eigenvalue weighted by molar-refractivity contribution is 0.0528. The number of allylic oxidation sites excluding steroid dienone is 1. The van der Waals surface area contributed by atoms with Crippen LogP contribution in [0.5, 0.6) is 0 Å². The average molecular weight is 242 g/mol. The summed E-state index contributed by atoms with van der Waals surface area (Å²) in [5.41, 5.74) is -0.436. The van der Waals surface area contributed by atoms with E-state index >= 15 is 0 Å². The molecule has 0 aromatic rings. The summed E-state index contributed by atoms with van der Waals surface area (Å²) in [5, 5.41) is 6.02. The quantitative estimate of drug-likeness (QED) is 0.532. The predicted octanol–water partition coefficient (Wildman–Crippen LogP) is 2.46. The Labute approximate surface area is 105 Å². The number of hydrogen-bond acceptors (Lipinski definition) is 3. The molecule has 0 aromatic carbocycles. The lowest BCUT2D eigenvalue weighted by Crippen LogP contribution is -2.38. The highest BCUT2D eigenvalue weighted by molar-refractivity contribution is 5.67. The van der Waals surface area contributed by atoms with Gasteiger partial charge in [0.05, 0.1) is 0 Å². The summed E-state index contributed by atoms with van der Waals surface area (Å²) in [6, 6.07) is 0.438. The van der Waals surface area contributed by atoms with Gasteiger partial charge in [-0.3, -0.25) is 0 Å². The lowest BCUT2D eigenvalue weighted by Gasteiger charge is -2.20. The topological polar surface area (TPSA) is 50.4 Å². The Morgan fingerprint density at radius 1 is 1.41 bits per heavy atom. The number of amides is 1. The van der Waals surface area contributed by atoms with E-state index in [0.717, 1.165) is 19.4 Å². The van der Waals surface area contributed by atoms with Gasteiger partial charge in [-0.2, -0.15) is 0 Å². The van der Waals surface area contributed by atoms with Gasteiger partial charge in [-0.1, -0.05) is 6.08 Å². The Morgan fingerprint density at radius 2 is 2.06 bits per heavy atom. The Bertz CT molecular complexity index is 234. The van der Waals surface area contributed by atoms with Crippen LogP contribution in [-0.2, 0) is 4.74 Å². The average Bonchev–Trinajstić information content (AvgIpc) is 2.19. The maximum atomic E-state index is 11.3. The van der Waals surface area contributed by atoms with Gasteiger partial charge in [0.25, 0.3) is 0 Å². The number of hydrogen-bond donors (Lipinski definition) is 2. The molecule has 17 heavy (non-hydrogen) atoms. The van der Waals surface area contributed by atoms with Gasteiger partial charge in [-0.05, 0) is 40.5 Å². The fourth-order valence-electron chi connectivity index (χ4n) is 1.27. The summed E-state index contributed by atoms with van der Waals surface area (Å²) in [6.07, 6.45) is 3.62. The Hall–Kier alpha value is -1.03. The van der Waals surface area contributed by atoms with Crippen molar-refractivity contribution in [2.45, 2.75) is 52.2 Å². The molecule has 0 aliphatic carbocycles. The van der Waals surface area contributed by atoms with E-state index in [0.29, 0.717) is 12.6 Å². The molecule has 0 saturated heterocycles. The minimum Gasteiger partial charge on any atom is -0.444 e. The first-order valence-corrected chi connectivity index (χ1v) is 6.16. The molecule has 0 bridgehead atoms. The minimum atomic E-state index is -0.436. The minimum absolute atomic E-state index is 0.363. The molecule has 4 heteroatoms. The van der Waals surface area contributed by atoms with Crippen molar-refractivity contribution in [1.29, 1.82) is 0 Å². The SMILES string of the molecule is C=CCCC(C)NCCNC(=O)OC(C)(C)C. The van der Waals surface area contributed by atoms with E-state index < -0.39 is 5.60 Å². The van der Waals surface area contributed by atoms with Gasteiger partial charge < -0.3 is 15.4 Å². The third kappa shape index (κ3) is 11.2. The van der Waals surface area contributed by atoms with Crippen molar-refractivity contribution in [2.24, 2.45) is 0 Å². The van der Waals surface area contributed by atoms with Gasteiger partial charge in [0, 0.05) is 19.1 Å². The van der Waals surface area contributed by atoms with Gasteiger partial charge in [0.15, 0.2) is 0 Å². The van der Waals surface area contributed by atoms with E-state index in [4.69, 9.17) is 4.74 Å². The van der Waals surface area contributed by atoms with Gasteiger partial charge in [0.2, 0.25) is 0 Å². The van der Waals surface area contributed by atoms with E-state index in [1.165, 1.54) is 0 Å². The van der Waals surface area contributed by atoms with Crippen molar-refractivity contribution >= 4 is 6.09 Å². The van der Waals surface area contributed by atoms with Crippen LogP contribution < -0.4 is 10.6 Å². The standard InChI is InChI=1S/C13H26N2O2/c1-6-7-8-11(2)14-9-10-15-12(16)17-13(3,4)5/h6,11,14H,1,7-10H2,2-5H3,(H,15,16). The highest BCUT2D eigenvalue weighted by Gasteiger charge is 2.15. The molecule has 1 unspecified atom stereocenters. The van der Waals surface area contributed by atoms with Crippen LogP contribution in [0.3, 0.4) is 0 Å². The maximum Gasteiger partial charge on any atom is 0.407 e. The molecule has 4 nitrogen and oxygen atoms in total. The van der Waals surface area contributed by atoms with Gasteiger partial charge >= 0.3 is 6.09 Å². The summed E-state index contributed by atoms with van der Waals surface area (Å²) >= 11 is 0. The summed E-state index contributed by atoms with van der Waals surface area (Å²) in [5.74, 6) is 0. The second-order valence-corrected chi connectivity index (χ2v) is 5.15. The monoisotopic (exact) mass is 242 g/mol. The molecule has 0 aliphatic rings. The van der Waals surface area contributed by atoms with Crippen molar-refractivity contribution in [3.63, 3.8) is 0 Å². The van der Waals surface area contributed by atoms with E-state index in [1.54, 1.807) is 0 Å². The summed E-state index contributed by atoms with van der Waals surface area (Å²) < 4.78 is 5.12. The normalized spacial score (nSPS) is 12.9. The van der Waals surface area contributed by atoms with Crippen molar-refractivity contribution in [2.75, 3.05) is 13.1 Å². The van der Waals surface area contributed by atoms with Crippen molar-refractivity contribution in [3.05, 3.63) is 12.7 Å². The molecule has 1 atom stereocenters. The van der Waals surface area contributed by atoms with Crippen LogP contribution in [-0.4, -0.2) is 30.8 Å². The highest BCUT2D eigenvalue weighted by atomic mass is 16.6. The molecule has 1 amide bonds. The second-order valence-electron chi connectivity index (χ2n) is 5.15. The lowest BCUT2D eigenvalue weighted by atomic mass is 10.2. The van der Waals surface area contributed by atoms with Crippen LogP contribution in [0.1, 0.15) is 40.5 Å². The molecule has 0 rings (SSSR count). The maximum absolute atomic E-state index is 11.3. The van der Waals surface area contributed by atoms with Crippen LogP contribution in [0.4, 0.5) is 4.79 Å². The van der Waals surface area contributed by atoms with E-state index in [2.05, 4.69) is 24.1 Å². The number of carbonyl (C=O) groups is 1. The fourth-order valence-corrected chi connectivity index (χ4v) is 1.27. The number of carbonyl (C=O) groups excluding carboxylic acids is 1. The van der Waals surface area contributed by atoms with E-state index in [9.17, 15) is 4.79 Å². The van der Waals surface area contributed by atoms with Crippen molar-refractivity contribution in [3.8, 4) is 0 Å². The van der Waals surface area contributed by atoms with Crippen LogP contribution >= 0.6 is 0 Å². The van der Waals surface area contributed by atoms with E-state index in [1.807, 2.05) is 26.8 Å². The number of nitrogens with one attached hydrogen (secondary N) is 2. The fraction of sp³-hybridized carbons (Fsp3) is 0.769. The molecule has 0 heterocycles. The predicted molar refractivity (Wildman–Crippen MR) is 71.1 cm³/mol. The molecule has 0 saturated carbocycles. The highest BCUT2D eigenvalue weighted by Crippen LogP contribution is 2.05. The van der Waals surface area contributed by atoms with Gasteiger partial charge in [-0.25, -0.2) is 4.79 Å². The summed E-state index contributed by atoms with van der Waals surface area (Å²) in [7, 11) is 0. The first-order chi connectivity index (χ1) is 7.85. The zero-order chi connectivity index (χ0) is 13.3. The van der Waals surface area contributed by atoms with Crippen molar-refractivity contribution in [1.82, 2.24) is 10.6 Å². The van der Waals surface area contributed by atoms with Crippen LogP contribution in [0, 0.1) is 0 Å². The molecule has 0 aromatic heterocycles. The Balaban J connectivity index is 3.51. The summed E-state index contributed by atoms with van der Waals surface area (Å²) in [6.45, 7) is 12.7. The van der Waals surface area contributed by atoms with E-state index in [-0.39, 0.29) is 6.09 Å². The Kier molecular flexibility index (Phi) is 7.63. The smallest absolute Gasteiger partial charge is 0.407 e. The van der Waals surface area contributed by atoms with Crippen LogP contribution in [0.2, 0.25) is 0 Å². The second kappa shape index (κ2) is 8.12. The van der Waals surface area contributed by atoms with Gasteiger partial charge in [0.1, 0.15) is 5.60 Å². The third-order valence-electron chi connectivity index (χ3n) is 2.09. The first-order valence-electron chi connectivity index (χ1n) is 6.16. The van der Waals surface area contributed by atoms with Crippen LogP contribution in [0.15, 0.2) is 12.7 Å². The molecule has 0 spiro atoms. The summed E-state index contributed by atoms with van der Waals surface area (Å²) in [4.78, 5) is 11.3. The zero-order valence-corrected chi connectivity index (χ0v) is 11.5. The molecule has 0 fully saturated rings. The number of ether oxygens (including phenoxy) is 1.